The van der Waals surface area contributed by atoms with Crippen molar-refractivity contribution < 1.29 is 9.15 Å². The minimum atomic E-state index is 0.396. The van der Waals surface area contributed by atoms with Crippen LogP contribution < -0.4 is 10.1 Å². The van der Waals surface area contributed by atoms with Crippen LogP contribution in [0.1, 0.15) is 18.4 Å². The van der Waals surface area contributed by atoms with Gasteiger partial charge in [-0.05, 0) is 18.1 Å². The molecule has 1 aromatic carbocycles. The molecule has 0 bridgehead atoms. The van der Waals surface area contributed by atoms with Crippen LogP contribution in [0.3, 0.4) is 0 Å². The minimum absolute atomic E-state index is 0.396. The number of fused-ring (bicyclic) bond motifs is 2. The van der Waals surface area contributed by atoms with Gasteiger partial charge in [0.05, 0.1) is 6.61 Å². The Hall–Kier alpha value is -2.63. The predicted molar refractivity (Wildman–Crippen MR) is 86.6 cm³/mol. The molecule has 0 unspecified atom stereocenters. The number of hydrogen-bond acceptors (Lipinski definition) is 6. The number of aromatic nitrogens is 3. The summed E-state index contributed by atoms with van der Waals surface area (Å²) in [5.41, 5.74) is 2.49. The summed E-state index contributed by atoms with van der Waals surface area (Å²) >= 11 is 0. The van der Waals surface area contributed by atoms with Gasteiger partial charge in [0, 0.05) is 18.9 Å². The fourth-order valence-corrected chi connectivity index (χ4v) is 2.84. The van der Waals surface area contributed by atoms with Gasteiger partial charge in [-0.1, -0.05) is 25.1 Å². The molecule has 0 radical (unpaired) electrons. The lowest BCUT2D eigenvalue weighted by Crippen LogP contribution is -2.27. The Morgan fingerprint density at radius 2 is 2.17 bits per heavy atom. The second-order valence-electron chi connectivity index (χ2n) is 5.71. The van der Waals surface area contributed by atoms with Crippen LogP contribution in [0, 0.1) is 5.92 Å². The normalized spacial score (nSPS) is 16.8. The van der Waals surface area contributed by atoms with E-state index in [-0.39, 0.29) is 0 Å². The number of nitrogens with one attached hydrogen (secondary N) is 1. The van der Waals surface area contributed by atoms with Crippen LogP contribution in [0.15, 0.2) is 35.0 Å². The van der Waals surface area contributed by atoms with Gasteiger partial charge in [0.25, 0.3) is 5.71 Å². The zero-order chi connectivity index (χ0) is 15.6. The average molecular weight is 310 g/mol. The van der Waals surface area contributed by atoms with E-state index in [0.29, 0.717) is 29.6 Å². The van der Waals surface area contributed by atoms with Gasteiger partial charge in [-0.3, -0.25) is 0 Å². The number of oxazole rings is 1. The lowest BCUT2D eigenvalue weighted by atomic mass is 9.97. The summed E-state index contributed by atoms with van der Waals surface area (Å²) in [6.45, 7) is 3.48. The SMILES string of the molecule is CCc1nc2c(NC[C@H]3COc4ccccc4C3)ncnc2o1. The van der Waals surface area contributed by atoms with Crippen LogP contribution in [0.4, 0.5) is 5.82 Å². The number of aryl methyl sites for hydroxylation is 1. The largest absolute Gasteiger partial charge is 0.493 e. The topological polar surface area (TPSA) is 73.1 Å². The molecule has 4 rings (SSSR count). The van der Waals surface area contributed by atoms with Gasteiger partial charge in [-0.15, -0.1) is 0 Å². The summed E-state index contributed by atoms with van der Waals surface area (Å²) in [5.74, 6) is 2.79. The van der Waals surface area contributed by atoms with Crippen molar-refractivity contribution in [2.45, 2.75) is 19.8 Å². The maximum atomic E-state index is 5.83. The molecule has 0 aliphatic carbocycles. The average Bonchev–Trinajstić information content (AvgIpc) is 3.03. The molecule has 6 heteroatoms. The zero-order valence-electron chi connectivity index (χ0n) is 13.0. The number of nitrogens with zero attached hydrogens (tertiary/aromatic N) is 3. The summed E-state index contributed by atoms with van der Waals surface area (Å²) < 4.78 is 11.4. The summed E-state index contributed by atoms with van der Waals surface area (Å²) in [6, 6.07) is 8.20. The van der Waals surface area contributed by atoms with Crippen molar-refractivity contribution in [1.29, 1.82) is 0 Å². The second kappa shape index (κ2) is 5.87. The van der Waals surface area contributed by atoms with E-state index >= 15 is 0 Å². The molecule has 1 aliphatic heterocycles. The molecule has 0 saturated carbocycles. The van der Waals surface area contributed by atoms with Crippen molar-refractivity contribution in [1.82, 2.24) is 15.0 Å². The first kappa shape index (κ1) is 14.0. The van der Waals surface area contributed by atoms with Crippen molar-refractivity contribution in [2.24, 2.45) is 5.92 Å². The Labute approximate surface area is 133 Å². The fourth-order valence-electron chi connectivity index (χ4n) is 2.84. The van der Waals surface area contributed by atoms with Crippen LogP contribution in [0.25, 0.3) is 11.2 Å². The summed E-state index contributed by atoms with van der Waals surface area (Å²) in [4.78, 5) is 12.9. The van der Waals surface area contributed by atoms with Gasteiger partial charge in [-0.2, -0.15) is 4.98 Å². The third-order valence-electron chi connectivity index (χ3n) is 4.06. The Kier molecular flexibility index (Phi) is 3.57. The third-order valence-corrected chi connectivity index (χ3v) is 4.06. The van der Waals surface area contributed by atoms with Crippen LogP contribution >= 0.6 is 0 Å². The van der Waals surface area contributed by atoms with Crippen LogP contribution in [0.5, 0.6) is 5.75 Å². The Morgan fingerprint density at radius 1 is 1.26 bits per heavy atom. The standard InChI is InChI=1S/C17H18N4O2/c1-2-14-21-15-16(19-10-20-17(15)23-14)18-8-11-7-12-5-3-4-6-13(12)22-9-11/h3-6,10-11H,2,7-9H2,1H3,(H,18,19,20)/t11-/m0/s1. The Balaban J connectivity index is 1.49. The molecule has 0 spiro atoms. The van der Waals surface area contributed by atoms with E-state index in [1.807, 2.05) is 25.1 Å². The van der Waals surface area contributed by atoms with Crippen molar-refractivity contribution in [3.8, 4) is 5.75 Å². The number of hydrogen-bond donors (Lipinski definition) is 1. The molecule has 1 N–H and O–H groups in total. The van der Waals surface area contributed by atoms with E-state index in [1.54, 1.807) is 0 Å². The first-order valence-electron chi connectivity index (χ1n) is 7.88. The van der Waals surface area contributed by atoms with Crippen LogP contribution in [-0.4, -0.2) is 28.1 Å². The molecule has 1 aliphatic rings. The van der Waals surface area contributed by atoms with Gasteiger partial charge < -0.3 is 14.5 Å². The number of anilines is 1. The van der Waals surface area contributed by atoms with E-state index in [0.717, 1.165) is 31.0 Å². The molecule has 23 heavy (non-hydrogen) atoms. The highest BCUT2D eigenvalue weighted by atomic mass is 16.5. The van der Waals surface area contributed by atoms with Gasteiger partial charge >= 0.3 is 0 Å². The van der Waals surface area contributed by atoms with Gasteiger partial charge in [-0.25, -0.2) is 9.97 Å². The number of ether oxygens (including phenoxy) is 1. The fraction of sp³-hybridized carbons (Fsp3) is 0.353. The summed E-state index contributed by atoms with van der Waals surface area (Å²) in [5, 5.41) is 3.37. The maximum absolute atomic E-state index is 5.83. The minimum Gasteiger partial charge on any atom is -0.493 e. The first-order valence-corrected chi connectivity index (χ1v) is 7.88. The second-order valence-corrected chi connectivity index (χ2v) is 5.71. The quantitative estimate of drug-likeness (QED) is 0.799. The summed E-state index contributed by atoms with van der Waals surface area (Å²) in [7, 11) is 0. The highest BCUT2D eigenvalue weighted by Crippen LogP contribution is 2.27. The molecule has 3 heterocycles. The van der Waals surface area contributed by atoms with Crippen molar-refractivity contribution in [3.63, 3.8) is 0 Å². The lowest BCUT2D eigenvalue weighted by Gasteiger charge is -2.25. The number of rotatable bonds is 4. The van der Waals surface area contributed by atoms with Gasteiger partial charge in [0.15, 0.2) is 17.2 Å². The van der Waals surface area contributed by atoms with E-state index in [1.165, 1.54) is 11.9 Å². The van der Waals surface area contributed by atoms with Crippen molar-refractivity contribution >= 4 is 17.0 Å². The van der Waals surface area contributed by atoms with E-state index in [2.05, 4.69) is 26.3 Å². The smallest absolute Gasteiger partial charge is 0.252 e. The van der Waals surface area contributed by atoms with Gasteiger partial charge in [0.1, 0.15) is 12.1 Å². The van der Waals surface area contributed by atoms with E-state index < -0.39 is 0 Å². The highest BCUT2D eigenvalue weighted by molar-refractivity contribution is 5.80. The van der Waals surface area contributed by atoms with Crippen molar-refractivity contribution in [3.05, 3.63) is 42.0 Å². The molecule has 0 saturated heterocycles. The Morgan fingerprint density at radius 3 is 3.09 bits per heavy atom. The molecule has 6 nitrogen and oxygen atoms in total. The third kappa shape index (κ3) is 2.72. The van der Waals surface area contributed by atoms with E-state index in [4.69, 9.17) is 9.15 Å². The molecular formula is C17H18N4O2. The molecule has 3 aromatic rings. The first-order chi connectivity index (χ1) is 11.3. The predicted octanol–water partition coefficient (Wildman–Crippen LogP) is 2.84. The monoisotopic (exact) mass is 310 g/mol. The molecule has 0 fully saturated rings. The lowest BCUT2D eigenvalue weighted by molar-refractivity contribution is 0.229. The molecule has 1 atom stereocenters. The van der Waals surface area contributed by atoms with E-state index in [9.17, 15) is 0 Å². The molecule has 2 aromatic heterocycles. The Bertz CT molecular complexity index is 830. The molecule has 118 valence electrons. The van der Waals surface area contributed by atoms with Gasteiger partial charge in [0.2, 0.25) is 0 Å². The molecular weight excluding hydrogens is 292 g/mol. The van der Waals surface area contributed by atoms with Crippen LogP contribution in [-0.2, 0) is 12.8 Å². The van der Waals surface area contributed by atoms with Crippen molar-refractivity contribution in [2.75, 3.05) is 18.5 Å². The number of para-hydroxylation sites is 1. The summed E-state index contributed by atoms with van der Waals surface area (Å²) in [6.07, 6.45) is 3.24. The maximum Gasteiger partial charge on any atom is 0.252 e. The highest BCUT2D eigenvalue weighted by Gasteiger charge is 2.20. The molecule has 0 amide bonds. The zero-order valence-corrected chi connectivity index (χ0v) is 13.0. The van der Waals surface area contributed by atoms with Crippen LogP contribution in [0.2, 0.25) is 0 Å². The number of benzene rings is 1.